The van der Waals surface area contributed by atoms with Gasteiger partial charge >= 0.3 is 5.97 Å². The molecule has 2 rings (SSSR count). The number of fused-ring (bicyclic) bond motifs is 1. The van der Waals surface area contributed by atoms with E-state index in [1.54, 1.807) is 0 Å². The minimum absolute atomic E-state index is 0.0960. The van der Waals surface area contributed by atoms with Crippen LogP contribution in [0.15, 0.2) is 6.07 Å². The zero-order valence-corrected chi connectivity index (χ0v) is 6.71. The van der Waals surface area contributed by atoms with Gasteiger partial charge in [-0.25, -0.2) is 9.18 Å². The van der Waals surface area contributed by atoms with Gasteiger partial charge in [-0.05, 0) is 0 Å². The predicted octanol–water partition coefficient (Wildman–Crippen LogP) is 1.39. The summed E-state index contributed by atoms with van der Waals surface area (Å²) in [7, 11) is 0. The number of benzene rings is 1. The van der Waals surface area contributed by atoms with Crippen molar-refractivity contribution in [1.29, 1.82) is 0 Å². The average Bonchev–Trinajstić information content (AvgIpc) is 2.58. The van der Waals surface area contributed by atoms with E-state index < -0.39 is 23.2 Å². The van der Waals surface area contributed by atoms with Crippen LogP contribution in [-0.4, -0.2) is 17.9 Å². The number of carbonyl (C=O) groups is 1. The normalized spacial score (nSPS) is 13.0. The number of rotatable bonds is 1. The number of carboxylic acid groups (broad SMARTS) is 1. The Hall–Kier alpha value is -1.85. The van der Waals surface area contributed by atoms with E-state index in [1.807, 2.05) is 0 Å². The maximum Gasteiger partial charge on any atom is 0.338 e. The number of ether oxygens (including phenoxy) is 2. The molecule has 0 unspecified atom stereocenters. The molecule has 74 valence electrons. The Morgan fingerprint density at radius 3 is 2.71 bits per heavy atom. The van der Waals surface area contributed by atoms with Crippen LogP contribution in [0.5, 0.6) is 11.5 Å². The highest BCUT2D eigenvalue weighted by atomic mass is 19.2. The second-order valence-corrected chi connectivity index (χ2v) is 2.59. The van der Waals surface area contributed by atoms with Gasteiger partial charge in [0.1, 0.15) is 5.56 Å². The van der Waals surface area contributed by atoms with Gasteiger partial charge in [-0.3, -0.25) is 0 Å². The van der Waals surface area contributed by atoms with Crippen LogP contribution in [0, 0.1) is 11.6 Å². The van der Waals surface area contributed by atoms with Crippen LogP contribution >= 0.6 is 0 Å². The van der Waals surface area contributed by atoms with E-state index in [4.69, 9.17) is 9.84 Å². The molecule has 0 spiro atoms. The Morgan fingerprint density at radius 1 is 1.36 bits per heavy atom. The number of aromatic carboxylic acids is 1. The third-order valence-corrected chi connectivity index (χ3v) is 1.78. The van der Waals surface area contributed by atoms with Crippen LogP contribution in [0.3, 0.4) is 0 Å². The van der Waals surface area contributed by atoms with Crippen molar-refractivity contribution in [1.82, 2.24) is 0 Å². The van der Waals surface area contributed by atoms with E-state index in [-0.39, 0.29) is 18.3 Å². The minimum Gasteiger partial charge on any atom is -0.478 e. The zero-order valence-electron chi connectivity index (χ0n) is 6.71. The standard InChI is InChI=1S/C8H4F2O4/c9-5-3(8(11)12)1-4-7(6(5)10)14-2-13-4/h1H,2H2,(H,11,12). The SMILES string of the molecule is O=C(O)c1cc2c(c(F)c1F)OCO2. The van der Waals surface area contributed by atoms with Crippen molar-refractivity contribution >= 4 is 5.97 Å². The molecule has 0 saturated heterocycles. The summed E-state index contributed by atoms with van der Waals surface area (Å²) in [4.78, 5) is 10.5. The van der Waals surface area contributed by atoms with Crippen molar-refractivity contribution in [3.05, 3.63) is 23.3 Å². The van der Waals surface area contributed by atoms with E-state index in [2.05, 4.69) is 4.74 Å². The maximum atomic E-state index is 13.1. The largest absolute Gasteiger partial charge is 0.478 e. The minimum atomic E-state index is -1.56. The second-order valence-electron chi connectivity index (χ2n) is 2.59. The van der Waals surface area contributed by atoms with Gasteiger partial charge < -0.3 is 14.6 Å². The first kappa shape index (κ1) is 8.74. The Balaban J connectivity index is 2.67. The fraction of sp³-hybridized carbons (Fsp3) is 0.125. The third-order valence-electron chi connectivity index (χ3n) is 1.78. The summed E-state index contributed by atoms with van der Waals surface area (Å²) in [6, 6.07) is 0.892. The zero-order chi connectivity index (χ0) is 10.3. The molecule has 1 aromatic rings. The summed E-state index contributed by atoms with van der Waals surface area (Å²) in [6.07, 6.45) is 0. The van der Waals surface area contributed by atoms with Crippen LogP contribution in [0.1, 0.15) is 10.4 Å². The number of hydrogen-bond donors (Lipinski definition) is 1. The summed E-state index contributed by atoms with van der Waals surface area (Å²) in [5.74, 6) is -4.81. The van der Waals surface area contributed by atoms with E-state index in [0.717, 1.165) is 6.07 Å². The van der Waals surface area contributed by atoms with Gasteiger partial charge in [0.15, 0.2) is 11.6 Å². The van der Waals surface area contributed by atoms with Gasteiger partial charge in [-0.15, -0.1) is 0 Å². The van der Waals surface area contributed by atoms with Crippen LogP contribution in [0.2, 0.25) is 0 Å². The molecule has 1 N–H and O–H groups in total. The molecular formula is C8H4F2O4. The summed E-state index contributed by atoms with van der Waals surface area (Å²) < 4.78 is 35.4. The molecule has 0 aromatic heterocycles. The molecule has 0 fully saturated rings. The highest BCUT2D eigenvalue weighted by Gasteiger charge is 2.27. The van der Waals surface area contributed by atoms with Crippen LogP contribution in [-0.2, 0) is 0 Å². The molecule has 14 heavy (non-hydrogen) atoms. The molecule has 0 amide bonds. The molecule has 1 aliphatic rings. The quantitative estimate of drug-likeness (QED) is 0.747. The van der Waals surface area contributed by atoms with Crippen LogP contribution in [0.25, 0.3) is 0 Å². The molecular weight excluding hydrogens is 198 g/mol. The van der Waals surface area contributed by atoms with Crippen LogP contribution < -0.4 is 9.47 Å². The summed E-state index contributed by atoms with van der Waals surface area (Å²) in [6.45, 7) is -0.241. The van der Waals surface area contributed by atoms with Gasteiger partial charge in [-0.2, -0.15) is 4.39 Å². The first-order valence-electron chi connectivity index (χ1n) is 3.62. The highest BCUT2D eigenvalue weighted by molar-refractivity contribution is 5.89. The molecule has 6 heteroatoms. The second kappa shape index (κ2) is 2.83. The number of hydrogen-bond acceptors (Lipinski definition) is 3. The lowest BCUT2D eigenvalue weighted by Crippen LogP contribution is -2.03. The maximum absolute atomic E-state index is 13.1. The van der Waals surface area contributed by atoms with Crippen molar-refractivity contribution in [3.63, 3.8) is 0 Å². The molecule has 0 radical (unpaired) electrons. The monoisotopic (exact) mass is 202 g/mol. The van der Waals surface area contributed by atoms with Crippen molar-refractivity contribution < 1.29 is 28.2 Å². The molecule has 4 nitrogen and oxygen atoms in total. The molecule has 0 aliphatic carbocycles. The lowest BCUT2D eigenvalue weighted by Gasteiger charge is -2.02. The van der Waals surface area contributed by atoms with Crippen molar-refractivity contribution in [2.75, 3.05) is 6.79 Å². The summed E-state index contributed by atoms with van der Waals surface area (Å²) in [5.41, 5.74) is -0.772. The molecule has 1 aromatic carbocycles. The van der Waals surface area contributed by atoms with Crippen molar-refractivity contribution in [2.24, 2.45) is 0 Å². The summed E-state index contributed by atoms with van der Waals surface area (Å²) in [5, 5.41) is 8.52. The topological polar surface area (TPSA) is 55.8 Å². The number of halogens is 2. The van der Waals surface area contributed by atoms with Gasteiger partial charge in [0, 0.05) is 6.07 Å². The molecule has 0 bridgehead atoms. The Kier molecular flexibility index (Phi) is 1.77. The van der Waals surface area contributed by atoms with Crippen molar-refractivity contribution in [2.45, 2.75) is 0 Å². The average molecular weight is 202 g/mol. The lowest BCUT2D eigenvalue weighted by atomic mass is 10.2. The Labute approximate surface area is 76.7 Å². The molecule has 0 saturated carbocycles. The van der Waals surface area contributed by atoms with E-state index in [0.29, 0.717) is 0 Å². The Morgan fingerprint density at radius 2 is 2.07 bits per heavy atom. The Bertz CT molecular complexity index is 416. The number of carboxylic acids is 1. The van der Waals surface area contributed by atoms with Gasteiger partial charge in [-0.1, -0.05) is 0 Å². The first-order valence-corrected chi connectivity index (χ1v) is 3.62. The molecule has 0 atom stereocenters. The van der Waals surface area contributed by atoms with Gasteiger partial charge in [0.2, 0.25) is 18.4 Å². The van der Waals surface area contributed by atoms with E-state index in [1.165, 1.54) is 0 Å². The summed E-state index contributed by atoms with van der Waals surface area (Å²) >= 11 is 0. The first-order chi connectivity index (χ1) is 6.61. The van der Waals surface area contributed by atoms with E-state index in [9.17, 15) is 13.6 Å². The highest BCUT2D eigenvalue weighted by Crippen LogP contribution is 2.37. The fourth-order valence-corrected chi connectivity index (χ4v) is 1.14. The third kappa shape index (κ3) is 1.07. The smallest absolute Gasteiger partial charge is 0.338 e. The van der Waals surface area contributed by atoms with Crippen molar-refractivity contribution in [3.8, 4) is 11.5 Å². The van der Waals surface area contributed by atoms with Crippen LogP contribution in [0.4, 0.5) is 8.78 Å². The van der Waals surface area contributed by atoms with E-state index >= 15 is 0 Å². The molecule has 1 aliphatic heterocycles. The predicted molar refractivity (Wildman–Crippen MR) is 39.4 cm³/mol. The fourth-order valence-electron chi connectivity index (χ4n) is 1.14. The lowest BCUT2D eigenvalue weighted by molar-refractivity contribution is 0.0690. The van der Waals surface area contributed by atoms with Gasteiger partial charge in [0.25, 0.3) is 0 Å². The van der Waals surface area contributed by atoms with Gasteiger partial charge in [0.05, 0.1) is 0 Å². The molecule has 1 heterocycles.